The summed E-state index contributed by atoms with van der Waals surface area (Å²) < 4.78 is 21.5. The smallest absolute Gasteiger partial charge is 0.411 e. The van der Waals surface area contributed by atoms with Crippen LogP contribution in [0.5, 0.6) is 5.88 Å². The Labute approximate surface area is 231 Å². The Morgan fingerprint density at radius 3 is 2.62 bits per heavy atom. The van der Waals surface area contributed by atoms with Gasteiger partial charge in [0.25, 0.3) is 0 Å². The van der Waals surface area contributed by atoms with Gasteiger partial charge in [-0.15, -0.1) is 0 Å². The van der Waals surface area contributed by atoms with Crippen LogP contribution in [0.15, 0.2) is 65.3 Å². The van der Waals surface area contributed by atoms with Gasteiger partial charge >= 0.3 is 12.1 Å². The number of methoxy groups -OCH3 is 1. The van der Waals surface area contributed by atoms with Gasteiger partial charge in [0.2, 0.25) is 5.88 Å². The molecule has 0 unspecified atom stereocenters. The number of benzene rings is 2. The van der Waals surface area contributed by atoms with Gasteiger partial charge in [-0.3, -0.25) is 10.1 Å². The Balaban J connectivity index is 1.53. The monoisotopic (exact) mass is 549 g/mol. The summed E-state index contributed by atoms with van der Waals surface area (Å²) in [5.41, 5.74) is 4.59. The zero-order valence-electron chi connectivity index (χ0n) is 21.8. The SMILES string of the molecule is CCOC(=O)Cc1cnc(OC)c(-c2cccc(-c3onc(C)c3NC(=O)OCCc3ccccc3Cl)c2)c1. The van der Waals surface area contributed by atoms with E-state index in [4.69, 9.17) is 30.3 Å². The van der Waals surface area contributed by atoms with Crippen molar-refractivity contribution in [1.82, 2.24) is 10.1 Å². The molecule has 0 aliphatic rings. The van der Waals surface area contributed by atoms with Gasteiger partial charge < -0.3 is 18.7 Å². The second-order valence-corrected chi connectivity index (χ2v) is 8.94. The number of anilines is 1. The van der Waals surface area contributed by atoms with Crippen LogP contribution in [0.4, 0.5) is 10.5 Å². The average molecular weight is 550 g/mol. The highest BCUT2D eigenvalue weighted by molar-refractivity contribution is 6.31. The second kappa shape index (κ2) is 12.9. The summed E-state index contributed by atoms with van der Waals surface area (Å²) in [7, 11) is 1.53. The molecule has 202 valence electrons. The number of aryl methyl sites for hydroxylation is 1. The second-order valence-electron chi connectivity index (χ2n) is 8.54. The van der Waals surface area contributed by atoms with E-state index < -0.39 is 6.09 Å². The molecule has 0 atom stereocenters. The molecule has 4 aromatic rings. The number of rotatable bonds is 10. The van der Waals surface area contributed by atoms with Crippen molar-refractivity contribution < 1.29 is 28.3 Å². The van der Waals surface area contributed by atoms with Gasteiger partial charge in [-0.25, -0.2) is 9.78 Å². The molecular weight excluding hydrogens is 522 g/mol. The van der Waals surface area contributed by atoms with E-state index >= 15 is 0 Å². The van der Waals surface area contributed by atoms with Gasteiger partial charge in [0.15, 0.2) is 5.76 Å². The van der Waals surface area contributed by atoms with Crippen LogP contribution in [0.2, 0.25) is 5.02 Å². The standard InChI is InChI=1S/C29H28ClN3O6/c1-4-37-25(34)15-19-14-23(28(36-3)31-17-19)21-9-7-10-22(16-21)27-26(18(2)33-39-27)32-29(35)38-13-12-20-8-5-6-11-24(20)30/h5-11,14,16-17H,4,12-13,15H2,1-3H3,(H,32,35). The molecule has 0 radical (unpaired) electrons. The Bertz CT molecular complexity index is 1470. The average Bonchev–Trinajstić information content (AvgIpc) is 3.29. The number of hydrogen-bond acceptors (Lipinski definition) is 8. The van der Waals surface area contributed by atoms with Crippen LogP contribution in [0.1, 0.15) is 23.7 Å². The van der Waals surface area contributed by atoms with Crippen molar-refractivity contribution in [2.75, 3.05) is 25.6 Å². The Morgan fingerprint density at radius 2 is 1.85 bits per heavy atom. The molecule has 0 aliphatic carbocycles. The van der Waals surface area contributed by atoms with E-state index in [-0.39, 0.29) is 19.0 Å². The predicted molar refractivity (Wildman–Crippen MR) is 147 cm³/mol. The van der Waals surface area contributed by atoms with Crippen molar-refractivity contribution in [3.63, 3.8) is 0 Å². The van der Waals surface area contributed by atoms with Crippen LogP contribution in [-0.4, -0.2) is 42.5 Å². The fourth-order valence-electron chi connectivity index (χ4n) is 3.98. The molecule has 10 heteroatoms. The molecule has 0 saturated heterocycles. The lowest BCUT2D eigenvalue weighted by Gasteiger charge is -2.11. The lowest BCUT2D eigenvalue weighted by atomic mass is 10.0. The van der Waals surface area contributed by atoms with Gasteiger partial charge in [-0.1, -0.05) is 53.2 Å². The minimum Gasteiger partial charge on any atom is -0.481 e. The topological polar surface area (TPSA) is 113 Å². The number of ether oxygens (including phenoxy) is 3. The van der Waals surface area contributed by atoms with E-state index in [9.17, 15) is 9.59 Å². The number of aromatic nitrogens is 2. The third-order valence-corrected chi connectivity index (χ3v) is 6.21. The first-order valence-corrected chi connectivity index (χ1v) is 12.7. The van der Waals surface area contributed by atoms with Crippen molar-refractivity contribution in [1.29, 1.82) is 0 Å². The maximum Gasteiger partial charge on any atom is 0.411 e. The van der Waals surface area contributed by atoms with E-state index in [0.717, 1.165) is 11.1 Å². The van der Waals surface area contributed by atoms with Crippen molar-refractivity contribution in [2.24, 2.45) is 0 Å². The van der Waals surface area contributed by atoms with Crippen molar-refractivity contribution >= 4 is 29.4 Å². The fourth-order valence-corrected chi connectivity index (χ4v) is 4.21. The molecule has 0 bridgehead atoms. The number of pyridine rings is 1. The Morgan fingerprint density at radius 1 is 1.05 bits per heavy atom. The number of esters is 1. The largest absolute Gasteiger partial charge is 0.481 e. The molecule has 0 fully saturated rings. The summed E-state index contributed by atoms with van der Waals surface area (Å²) in [5, 5.41) is 7.40. The first-order valence-electron chi connectivity index (χ1n) is 12.3. The predicted octanol–water partition coefficient (Wildman–Crippen LogP) is 6.27. The molecular formula is C29H28ClN3O6. The highest BCUT2D eigenvalue weighted by Gasteiger charge is 2.20. The van der Waals surface area contributed by atoms with Crippen molar-refractivity contribution in [3.05, 3.63) is 82.6 Å². The lowest BCUT2D eigenvalue weighted by molar-refractivity contribution is -0.142. The van der Waals surface area contributed by atoms with E-state index in [2.05, 4.69) is 15.5 Å². The molecule has 4 rings (SSSR count). The zero-order valence-corrected chi connectivity index (χ0v) is 22.6. The van der Waals surface area contributed by atoms with E-state index in [1.165, 1.54) is 7.11 Å². The molecule has 2 aromatic heterocycles. The van der Waals surface area contributed by atoms with Gasteiger partial charge in [-0.05, 0) is 48.7 Å². The number of amides is 1. The lowest BCUT2D eigenvalue weighted by Crippen LogP contribution is -2.16. The quantitative estimate of drug-likeness (QED) is 0.230. The van der Waals surface area contributed by atoms with E-state index in [0.29, 0.717) is 57.8 Å². The van der Waals surface area contributed by atoms with Crippen LogP contribution < -0.4 is 10.1 Å². The number of nitrogens with zero attached hydrogens (tertiary/aromatic N) is 2. The van der Waals surface area contributed by atoms with E-state index in [1.54, 1.807) is 26.1 Å². The third kappa shape index (κ3) is 6.94. The minimum absolute atomic E-state index is 0.0888. The Kier molecular flexibility index (Phi) is 9.17. The molecule has 0 spiro atoms. The van der Waals surface area contributed by atoms with Crippen LogP contribution in [-0.2, 0) is 27.1 Å². The van der Waals surface area contributed by atoms with Gasteiger partial charge in [0, 0.05) is 28.8 Å². The molecule has 2 aromatic carbocycles. The fraction of sp³-hybridized carbons (Fsp3) is 0.241. The number of hydrogen-bond donors (Lipinski definition) is 1. The third-order valence-electron chi connectivity index (χ3n) is 5.84. The highest BCUT2D eigenvalue weighted by atomic mass is 35.5. The van der Waals surface area contributed by atoms with Crippen molar-refractivity contribution in [3.8, 4) is 28.3 Å². The molecule has 0 saturated carbocycles. The summed E-state index contributed by atoms with van der Waals surface area (Å²) in [6.07, 6.45) is 1.52. The van der Waals surface area contributed by atoms with Crippen molar-refractivity contribution in [2.45, 2.75) is 26.7 Å². The highest BCUT2D eigenvalue weighted by Crippen LogP contribution is 2.36. The zero-order chi connectivity index (χ0) is 27.8. The first kappa shape index (κ1) is 27.7. The summed E-state index contributed by atoms with van der Waals surface area (Å²) in [4.78, 5) is 28.9. The van der Waals surface area contributed by atoms with E-state index in [1.807, 2.05) is 48.5 Å². The summed E-state index contributed by atoms with van der Waals surface area (Å²) in [6.45, 7) is 3.94. The summed E-state index contributed by atoms with van der Waals surface area (Å²) in [6, 6.07) is 16.7. The maximum absolute atomic E-state index is 12.6. The van der Waals surface area contributed by atoms with Crippen LogP contribution >= 0.6 is 11.6 Å². The maximum atomic E-state index is 12.6. The molecule has 1 amide bonds. The molecule has 2 heterocycles. The Hall–Kier alpha value is -4.37. The normalized spacial score (nSPS) is 10.7. The summed E-state index contributed by atoms with van der Waals surface area (Å²) >= 11 is 6.17. The van der Waals surface area contributed by atoms with Crippen LogP contribution in [0, 0.1) is 6.92 Å². The van der Waals surface area contributed by atoms with Gasteiger partial charge in [0.1, 0.15) is 11.4 Å². The summed E-state index contributed by atoms with van der Waals surface area (Å²) in [5.74, 6) is 0.428. The number of carbonyl (C=O) groups is 2. The minimum atomic E-state index is -0.636. The molecule has 0 aliphatic heterocycles. The number of halogens is 1. The van der Waals surface area contributed by atoms with Crippen LogP contribution in [0.3, 0.4) is 0 Å². The van der Waals surface area contributed by atoms with Gasteiger partial charge in [0.05, 0.1) is 26.7 Å². The number of carbonyl (C=O) groups excluding carboxylic acids is 2. The molecule has 9 nitrogen and oxygen atoms in total. The van der Waals surface area contributed by atoms with Crippen LogP contribution in [0.25, 0.3) is 22.5 Å². The number of nitrogens with one attached hydrogen (secondary N) is 1. The van der Waals surface area contributed by atoms with Gasteiger partial charge in [-0.2, -0.15) is 0 Å². The molecule has 39 heavy (non-hydrogen) atoms. The molecule has 1 N–H and O–H groups in total. The first-order chi connectivity index (χ1) is 18.9.